The summed E-state index contributed by atoms with van der Waals surface area (Å²) in [5.41, 5.74) is 0. The Hall–Kier alpha value is -0.0800. The van der Waals surface area contributed by atoms with Crippen LogP contribution in [0.4, 0.5) is 0 Å². The fraction of sp³-hybridized carbons (Fsp3) is 1.00. The van der Waals surface area contributed by atoms with Gasteiger partial charge in [0.2, 0.25) is 0 Å². The lowest BCUT2D eigenvalue weighted by Crippen LogP contribution is -2.28. The Bertz CT molecular complexity index is 143. The molecule has 1 N–H and O–H groups in total. The molecule has 1 aliphatic rings. The molecule has 0 aromatic rings. The third kappa shape index (κ3) is 4.97. The highest BCUT2D eigenvalue weighted by molar-refractivity contribution is 4.82. The molecule has 14 heavy (non-hydrogen) atoms. The van der Waals surface area contributed by atoms with Crippen LogP contribution in [0.15, 0.2) is 0 Å². The maximum absolute atomic E-state index is 3.53. The maximum Gasteiger partial charge on any atom is 0.00933 e. The first-order valence-electron chi connectivity index (χ1n) is 6.17. The Morgan fingerprint density at radius 3 is 2.71 bits per heavy atom. The minimum Gasteiger partial charge on any atom is -0.314 e. The molecule has 0 aliphatic heterocycles. The summed E-state index contributed by atoms with van der Waals surface area (Å²) in [6.45, 7) is 6.97. The normalized spacial score (nSPS) is 18.9. The average Bonchev–Trinajstić information content (AvgIpc) is 2.97. The Balaban J connectivity index is 1.91. The zero-order chi connectivity index (χ0) is 10.4. The lowest BCUT2D eigenvalue weighted by molar-refractivity contribution is 0.308. The summed E-state index contributed by atoms with van der Waals surface area (Å²) in [4.78, 5) is 2.52. The number of nitrogens with zero attached hydrogens (tertiary/aromatic N) is 1. The predicted molar refractivity (Wildman–Crippen MR) is 62.6 cm³/mol. The molecule has 0 radical (unpaired) electrons. The molecule has 0 saturated heterocycles. The van der Waals surface area contributed by atoms with Gasteiger partial charge in [0.05, 0.1) is 0 Å². The van der Waals surface area contributed by atoms with Crippen molar-refractivity contribution in [3.63, 3.8) is 0 Å². The van der Waals surface area contributed by atoms with Crippen molar-refractivity contribution in [1.29, 1.82) is 0 Å². The van der Waals surface area contributed by atoms with E-state index in [1.54, 1.807) is 0 Å². The predicted octanol–water partition coefficient (Wildman–Crippen LogP) is 2.25. The monoisotopic (exact) mass is 198 g/mol. The van der Waals surface area contributed by atoms with Gasteiger partial charge in [-0.05, 0) is 59.2 Å². The van der Waals surface area contributed by atoms with Gasteiger partial charge in [-0.2, -0.15) is 0 Å². The SMILES string of the molecule is CCCNC(C)CCCN(C)C1CC1. The fourth-order valence-electron chi connectivity index (χ4n) is 1.84. The van der Waals surface area contributed by atoms with E-state index in [0.29, 0.717) is 6.04 Å². The molecular formula is C12H26N2. The van der Waals surface area contributed by atoms with E-state index in [2.05, 4.69) is 31.1 Å². The van der Waals surface area contributed by atoms with Crippen molar-refractivity contribution in [2.24, 2.45) is 0 Å². The third-order valence-electron chi connectivity index (χ3n) is 3.06. The quantitative estimate of drug-likeness (QED) is 0.643. The van der Waals surface area contributed by atoms with Crippen molar-refractivity contribution < 1.29 is 0 Å². The second-order valence-electron chi connectivity index (χ2n) is 4.71. The standard InChI is InChI=1S/C12H26N2/c1-4-9-13-11(2)6-5-10-14(3)12-7-8-12/h11-13H,4-10H2,1-3H3. The van der Waals surface area contributed by atoms with Gasteiger partial charge in [-0.1, -0.05) is 6.92 Å². The molecule has 1 saturated carbocycles. The Labute approximate surface area is 89.1 Å². The molecule has 84 valence electrons. The van der Waals surface area contributed by atoms with E-state index < -0.39 is 0 Å². The van der Waals surface area contributed by atoms with E-state index in [9.17, 15) is 0 Å². The zero-order valence-electron chi connectivity index (χ0n) is 10.1. The van der Waals surface area contributed by atoms with Gasteiger partial charge in [-0.25, -0.2) is 0 Å². The van der Waals surface area contributed by atoms with Crippen molar-refractivity contribution in [3.05, 3.63) is 0 Å². The molecule has 0 heterocycles. The first kappa shape index (κ1) is 12.0. The molecule has 1 atom stereocenters. The summed E-state index contributed by atoms with van der Waals surface area (Å²) in [6.07, 6.45) is 6.76. The van der Waals surface area contributed by atoms with Crippen LogP contribution in [0.5, 0.6) is 0 Å². The fourth-order valence-corrected chi connectivity index (χ4v) is 1.84. The highest BCUT2D eigenvalue weighted by atomic mass is 15.1. The van der Waals surface area contributed by atoms with Gasteiger partial charge >= 0.3 is 0 Å². The van der Waals surface area contributed by atoms with Crippen molar-refractivity contribution in [1.82, 2.24) is 10.2 Å². The second kappa shape index (κ2) is 6.41. The lowest BCUT2D eigenvalue weighted by Gasteiger charge is -2.17. The number of hydrogen-bond acceptors (Lipinski definition) is 2. The highest BCUT2D eigenvalue weighted by Gasteiger charge is 2.25. The molecule has 1 aliphatic carbocycles. The molecule has 1 fully saturated rings. The second-order valence-corrected chi connectivity index (χ2v) is 4.71. The number of nitrogens with one attached hydrogen (secondary N) is 1. The molecule has 1 unspecified atom stereocenters. The molecule has 0 spiro atoms. The summed E-state index contributed by atoms with van der Waals surface area (Å²) >= 11 is 0. The van der Waals surface area contributed by atoms with Crippen LogP contribution in [0, 0.1) is 0 Å². The van der Waals surface area contributed by atoms with Crippen LogP contribution in [0.2, 0.25) is 0 Å². The van der Waals surface area contributed by atoms with Crippen molar-refractivity contribution in [2.75, 3.05) is 20.1 Å². The molecule has 0 amide bonds. The largest absolute Gasteiger partial charge is 0.314 e. The van der Waals surface area contributed by atoms with Crippen LogP contribution in [0.1, 0.15) is 46.0 Å². The molecular weight excluding hydrogens is 172 g/mol. The summed E-state index contributed by atoms with van der Waals surface area (Å²) in [6, 6.07) is 1.62. The zero-order valence-corrected chi connectivity index (χ0v) is 10.1. The number of hydrogen-bond donors (Lipinski definition) is 1. The van der Waals surface area contributed by atoms with E-state index in [0.717, 1.165) is 6.04 Å². The van der Waals surface area contributed by atoms with E-state index in [1.807, 2.05) is 0 Å². The van der Waals surface area contributed by atoms with Gasteiger partial charge in [-0.15, -0.1) is 0 Å². The van der Waals surface area contributed by atoms with Gasteiger partial charge < -0.3 is 10.2 Å². The molecule has 0 aromatic carbocycles. The van der Waals surface area contributed by atoms with Crippen LogP contribution in [-0.4, -0.2) is 37.1 Å². The van der Waals surface area contributed by atoms with Crippen LogP contribution in [-0.2, 0) is 0 Å². The minimum atomic E-state index is 0.697. The maximum atomic E-state index is 3.53. The van der Waals surface area contributed by atoms with E-state index >= 15 is 0 Å². The Morgan fingerprint density at radius 1 is 1.43 bits per heavy atom. The molecule has 0 bridgehead atoms. The first-order chi connectivity index (χ1) is 6.74. The van der Waals surface area contributed by atoms with Crippen LogP contribution in [0.25, 0.3) is 0 Å². The van der Waals surface area contributed by atoms with E-state index in [4.69, 9.17) is 0 Å². The van der Waals surface area contributed by atoms with Crippen molar-refractivity contribution in [3.8, 4) is 0 Å². The Kier molecular flexibility index (Phi) is 5.49. The van der Waals surface area contributed by atoms with E-state index in [1.165, 1.54) is 45.2 Å². The molecule has 1 rings (SSSR count). The van der Waals surface area contributed by atoms with Crippen LogP contribution < -0.4 is 5.32 Å². The van der Waals surface area contributed by atoms with Crippen LogP contribution in [0.3, 0.4) is 0 Å². The summed E-state index contributed by atoms with van der Waals surface area (Å²) in [5, 5.41) is 3.53. The topological polar surface area (TPSA) is 15.3 Å². The highest BCUT2D eigenvalue weighted by Crippen LogP contribution is 2.25. The van der Waals surface area contributed by atoms with Gasteiger partial charge in [0.15, 0.2) is 0 Å². The Morgan fingerprint density at radius 2 is 2.14 bits per heavy atom. The average molecular weight is 198 g/mol. The van der Waals surface area contributed by atoms with E-state index in [-0.39, 0.29) is 0 Å². The molecule has 2 nitrogen and oxygen atoms in total. The summed E-state index contributed by atoms with van der Waals surface area (Å²) in [5.74, 6) is 0. The number of rotatable bonds is 8. The van der Waals surface area contributed by atoms with Crippen molar-refractivity contribution in [2.45, 2.75) is 58.0 Å². The lowest BCUT2D eigenvalue weighted by atomic mass is 10.1. The molecule has 0 aromatic heterocycles. The van der Waals surface area contributed by atoms with Gasteiger partial charge in [0.1, 0.15) is 0 Å². The minimum absolute atomic E-state index is 0.697. The molecule has 2 heteroatoms. The first-order valence-corrected chi connectivity index (χ1v) is 6.17. The van der Waals surface area contributed by atoms with Gasteiger partial charge in [-0.3, -0.25) is 0 Å². The van der Waals surface area contributed by atoms with Crippen LogP contribution >= 0.6 is 0 Å². The van der Waals surface area contributed by atoms with Gasteiger partial charge in [0.25, 0.3) is 0 Å². The van der Waals surface area contributed by atoms with Gasteiger partial charge in [0, 0.05) is 12.1 Å². The summed E-state index contributed by atoms with van der Waals surface area (Å²) < 4.78 is 0. The summed E-state index contributed by atoms with van der Waals surface area (Å²) in [7, 11) is 2.27. The third-order valence-corrected chi connectivity index (χ3v) is 3.06. The van der Waals surface area contributed by atoms with Crippen molar-refractivity contribution >= 4 is 0 Å². The smallest absolute Gasteiger partial charge is 0.00933 e.